The molecule has 7 nitrogen and oxygen atoms in total. The van der Waals surface area contributed by atoms with E-state index in [1.165, 1.54) is 25.3 Å². The summed E-state index contributed by atoms with van der Waals surface area (Å²) in [5.74, 6) is -0.0634. The second kappa shape index (κ2) is 5.12. The van der Waals surface area contributed by atoms with Gasteiger partial charge in [-0.05, 0) is 25.1 Å². The minimum Gasteiger partial charge on any atom is -0.479 e. The van der Waals surface area contributed by atoms with E-state index >= 15 is 0 Å². The van der Waals surface area contributed by atoms with Gasteiger partial charge in [-0.25, -0.2) is 18.9 Å². The molecule has 4 rings (SSSR count). The van der Waals surface area contributed by atoms with Crippen molar-refractivity contribution in [1.82, 2.24) is 24.0 Å². The van der Waals surface area contributed by atoms with E-state index in [4.69, 9.17) is 4.74 Å². The van der Waals surface area contributed by atoms with Crippen molar-refractivity contribution < 1.29 is 9.13 Å². The smallest absolute Gasteiger partial charge is 0.258 e. The topological polar surface area (TPSA) is 73.8 Å². The first-order valence-corrected chi connectivity index (χ1v) is 7.15. The minimum absolute atomic E-state index is 0.345. The first kappa shape index (κ1) is 14.3. The molecule has 0 aliphatic rings. The lowest BCUT2D eigenvalue weighted by Gasteiger charge is -2.02. The molecular weight excluding hydrogens is 313 g/mol. The van der Waals surface area contributed by atoms with E-state index < -0.39 is 5.82 Å². The first-order chi connectivity index (χ1) is 11.5. The number of fused-ring (bicyclic) bond motifs is 2. The van der Waals surface area contributed by atoms with E-state index in [1.807, 2.05) is 6.92 Å². The zero-order valence-electron chi connectivity index (χ0n) is 12.9. The molecule has 0 radical (unpaired) electrons. The summed E-state index contributed by atoms with van der Waals surface area (Å²) in [5.41, 5.74) is 2.28. The number of hydrogen-bond acceptors (Lipinski definition) is 5. The molecule has 8 heteroatoms. The Kier molecular flexibility index (Phi) is 3.05. The molecule has 0 N–H and O–H groups in total. The van der Waals surface area contributed by atoms with Crippen LogP contribution in [0.3, 0.4) is 0 Å². The number of rotatable bonds is 2. The van der Waals surface area contributed by atoms with Gasteiger partial charge >= 0.3 is 0 Å². The third-order valence-electron chi connectivity index (χ3n) is 3.62. The average Bonchev–Trinajstić information content (AvgIpc) is 2.98. The molecule has 0 saturated carbocycles. The molecule has 0 unspecified atom stereocenters. The summed E-state index contributed by atoms with van der Waals surface area (Å²) in [7, 11) is 1.53. The van der Waals surface area contributed by atoms with Gasteiger partial charge in [0.15, 0.2) is 0 Å². The van der Waals surface area contributed by atoms with Crippen molar-refractivity contribution >= 4 is 11.2 Å². The van der Waals surface area contributed by atoms with Crippen molar-refractivity contribution in [3.05, 3.63) is 58.5 Å². The van der Waals surface area contributed by atoms with Gasteiger partial charge in [-0.2, -0.15) is 5.10 Å². The Morgan fingerprint density at radius 3 is 2.75 bits per heavy atom. The zero-order chi connectivity index (χ0) is 16.8. The maximum atomic E-state index is 13.3. The molecule has 0 amide bonds. The van der Waals surface area contributed by atoms with Crippen LogP contribution in [0.1, 0.15) is 5.69 Å². The van der Waals surface area contributed by atoms with E-state index in [9.17, 15) is 9.18 Å². The highest BCUT2D eigenvalue weighted by Gasteiger charge is 2.13. The fourth-order valence-electron chi connectivity index (χ4n) is 2.56. The fourth-order valence-corrected chi connectivity index (χ4v) is 2.56. The van der Waals surface area contributed by atoms with Gasteiger partial charge in [0, 0.05) is 12.3 Å². The van der Waals surface area contributed by atoms with E-state index in [2.05, 4.69) is 15.1 Å². The summed E-state index contributed by atoms with van der Waals surface area (Å²) in [6, 6.07) is 5.77. The maximum Gasteiger partial charge on any atom is 0.258 e. The molecule has 24 heavy (non-hydrogen) atoms. The first-order valence-electron chi connectivity index (χ1n) is 7.15. The molecule has 4 heterocycles. The summed E-state index contributed by atoms with van der Waals surface area (Å²) in [5, 5.41) is 4.43. The molecule has 0 fully saturated rings. The third-order valence-corrected chi connectivity index (χ3v) is 3.62. The standard InChI is InChI=1S/C16H12FN5O2/c1-9-7-22-13(16(18-9)24-2)5-12(20-22)11-6-15(23)21-8-10(17)3-4-14(21)19-11/h3-8H,1-2H3. The van der Waals surface area contributed by atoms with Crippen LogP contribution < -0.4 is 10.3 Å². The van der Waals surface area contributed by atoms with Gasteiger partial charge in [0.05, 0.1) is 24.7 Å². The zero-order valence-corrected chi connectivity index (χ0v) is 12.9. The summed E-state index contributed by atoms with van der Waals surface area (Å²) in [6.07, 6.45) is 2.86. The molecule has 0 aliphatic carbocycles. The van der Waals surface area contributed by atoms with Crippen molar-refractivity contribution in [1.29, 1.82) is 0 Å². The Bertz CT molecular complexity index is 1150. The lowest BCUT2D eigenvalue weighted by molar-refractivity contribution is 0.399. The average molecular weight is 325 g/mol. The SMILES string of the molecule is COc1nc(C)cn2nc(-c3cc(=O)n4cc(F)ccc4n3)cc12. The highest BCUT2D eigenvalue weighted by Crippen LogP contribution is 2.23. The van der Waals surface area contributed by atoms with E-state index in [-0.39, 0.29) is 5.56 Å². The second-order valence-corrected chi connectivity index (χ2v) is 5.31. The highest BCUT2D eigenvalue weighted by atomic mass is 19.1. The molecule has 0 aromatic carbocycles. The fraction of sp³-hybridized carbons (Fsp3) is 0.125. The van der Waals surface area contributed by atoms with Crippen molar-refractivity contribution in [3.63, 3.8) is 0 Å². The van der Waals surface area contributed by atoms with Gasteiger partial charge in [-0.15, -0.1) is 0 Å². The van der Waals surface area contributed by atoms with Crippen LogP contribution in [-0.4, -0.2) is 31.1 Å². The number of ether oxygens (including phenoxy) is 1. The monoisotopic (exact) mass is 325 g/mol. The number of pyridine rings is 1. The second-order valence-electron chi connectivity index (χ2n) is 5.31. The quantitative estimate of drug-likeness (QED) is 0.562. The molecule has 0 bridgehead atoms. The van der Waals surface area contributed by atoms with E-state index in [0.717, 1.165) is 16.3 Å². The van der Waals surface area contributed by atoms with E-state index in [1.54, 1.807) is 16.8 Å². The molecule has 0 saturated heterocycles. The summed E-state index contributed by atoms with van der Waals surface area (Å²) >= 11 is 0. The Labute approximate surface area is 135 Å². The molecular formula is C16H12FN5O2. The molecule has 0 atom stereocenters. The Morgan fingerprint density at radius 1 is 1.12 bits per heavy atom. The van der Waals surface area contributed by atoms with Gasteiger partial charge in [-0.3, -0.25) is 9.20 Å². The molecule has 0 aliphatic heterocycles. The van der Waals surface area contributed by atoms with E-state index in [0.29, 0.717) is 28.4 Å². The van der Waals surface area contributed by atoms with Crippen molar-refractivity contribution in [2.75, 3.05) is 7.11 Å². The normalized spacial score (nSPS) is 11.3. The number of hydrogen-bond donors (Lipinski definition) is 0. The van der Waals surface area contributed by atoms with Crippen molar-refractivity contribution in [2.24, 2.45) is 0 Å². The van der Waals surface area contributed by atoms with Gasteiger partial charge < -0.3 is 4.74 Å². The molecule has 120 valence electrons. The Hall–Kier alpha value is -3.29. The predicted molar refractivity (Wildman–Crippen MR) is 84.7 cm³/mol. The number of aryl methyl sites for hydroxylation is 1. The number of nitrogens with zero attached hydrogens (tertiary/aromatic N) is 5. The van der Waals surface area contributed by atoms with Gasteiger partial charge in [0.1, 0.15) is 22.7 Å². The molecule has 4 aromatic rings. The predicted octanol–water partition coefficient (Wildman–Crippen LogP) is 1.86. The Morgan fingerprint density at radius 2 is 1.96 bits per heavy atom. The van der Waals surface area contributed by atoms with Crippen LogP contribution in [0.5, 0.6) is 5.88 Å². The largest absolute Gasteiger partial charge is 0.479 e. The van der Waals surface area contributed by atoms with Crippen molar-refractivity contribution in [3.8, 4) is 17.3 Å². The van der Waals surface area contributed by atoms with Crippen LogP contribution >= 0.6 is 0 Å². The number of halogens is 1. The summed E-state index contributed by atoms with van der Waals surface area (Å²) in [6.45, 7) is 1.83. The third kappa shape index (κ3) is 2.19. The van der Waals surface area contributed by atoms with Crippen molar-refractivity contribution in [2.45, 2.75) is 6.92 Å². The van der Waals surface area contributed by atoms with Crippen LogP contribution in [0.2, 0.25) is 0 Å². The summed E-state index contributed by atoms with van der Waals surface area (Å²) < 4.78 is 21.3. The van der Waals surface area contributed by atoms with Crippen LogP contribution in [0.4, 0.5) is 4.39 Å². The van der Waals surface area contributed by atoms with Gasteiger partial charge in [0.25, 0.3) is 5.56 Å². The van der Waals surface area contributed by atoms with Crippen LogP contribution in [-0.2, 0) is 0 Å². The highest BCUT2D eigenvalue weighted by molar-refractivity contribution is 5.68. The van der Waals surface area contributed by atoms with Gasteiger partial charge in [0.2, 0.25) is 5.88 Å². The lowest BCUT2D eigenvalue weighted by Crippen LogP contribution is -2.14. The number of methoxy groups -OCH3 is 1. The van der Waals surface area contributed by atoms with Crippen LogP contribution in [0.25, 0.3) is 22.6 Å². The number of aromatic nitrogens is 5. The summed E-state index contributed by atoms with van der Waals surface area (Å²) in [4.78, 5) is 20.9. The Balaban J connectivity index is 1.96. The van der Waals surface area contributed by atoms with Gasteiger partial charge in [-0.1, -0.05) is 0 Å². The minimum atomic E-state index is -0.502. The maximum absolute atomic E-state index is 13.3. The van der Waals surface area contributed by atoms with Crippen LogP contribution in [0.15, 0.2) is 41.5 Å². The lowest BCUT2D eigenvalue weighted by atomic mass is 10.3. The molecule has 4 aromatic heterocycles. The van der Waals surface area contributed by atoms with Crippen LogP contribution in [0, 0.1) is 12.7 Å². The molecule has 0 spiro atoms.